The molecule has 0 aliphatic heterocycles. The maximum Gasteiger partial charge on any atom is 0.277 e. The van der Waals surface area contributed by atoms with Gasteiger partial charge in [0.25, 0.3) is 5.91 Å². The molecule has 5 nitrogen and oxygen atoms in total. The molecule has 3 aromatic rings. The third-order valence-electron chi connectivity index (χ3n) is 3.30. The van der Waals surface area contributed by atoms with Crippen LogP contribution in [0.3, 0.4) is 0 Å². The molecule has 3 rings (SSSR count). The number of nitrogen functional groups attached to an aromatic ring is 2. The van der Waals surface area contributed by atoms with E-state index in [9.17, 15) is 4.79 Å². The summed E-state index contributed by atoms with van der Waals surface area (Å²) in [5, 5.41) is 0.818. The standard InChI is InChI=1S/C15H14N4OS/c1-8-7-10(9-5-3-2-4-6-9)18-15-11(8)12(16)13(21-15)14(20)19-17/h2-7H,16-17H2,1H3,(H,19,20). The van der Waals surface area contributed by atoms with E-state index in [1.165, 1.54) is 11.3 Å². The minimum atomic E-state index is -0.392. The largest absolute Gasteiger partial charge is 0.397 e. The summed E-state index contributed by atoms with van der Waals surface area (Å²) in [6.07, 6.45) is 0. The van der Waals surface area contributed by atoms with Crippen LogP contribution in [0.15, 0.2) is 36.4 Å². The van der Waals surface area contributed by atoms with E-state index in [1.54, 1.807) is 0 Å². The number of aromatic nitrogens is 1. The molecule has 2 aromatic heterocycles. The number of fused-ring (bicyclic) bond motifs is 1. The second-order valence-electron chi connectivity index (χ2n) is 4.69. The second kappa shape index (κ2) is 5.16. The fourth-order valence-corrected chi connectivity index (χ4v) is 3.38. The van der Waals surface area contributed by atoms with E-state index in [-0.39, 0.29) is 0 Å². The molecule has 1 amide bonds. The van der Waals surface area contributed by atoms with Gasteiger partial charge in [-0.25, -0.2) is 10.8 Å². The summed E-state index contributed by atoms with van der Waals surface area (Å²) in [5.74, 6) is 4.79. The van der Waals surface area contributed by atoms with E-state index in [4.69, 9.17) is 11.6 Å². The molecule has 106 valence electrons. The first-order valence-electron chi connectivity index (χ1n) is 6.37. The van der Waals surface area contributed by atoms with Gasteiger partial charge in [0.2, 0.25) is 0 Å². The summed E-state index contributed by atoms with van der Waals surface area (Å²) in [6.45, 7) is 1.96. The van der Waals surface area contributed by atoms with Gasteiger partial charge in [-0.15, -0.1) is 11.3 Å². The molecule has 0 fully saturated rings. The SMILES string of the molecule is Cc1cc(-c2ccccc2)nc2sc(C(=O)NN)c(N)c12. The van der Waals surface area contributed by atoms with Crippen LogP contribution in [0.4, 0.5) is 5.69 Å². The first-order chi connectivity index (χ1) is 10.1. The number of benzene rings is 1. The molecule has 0 aliphatic carbocycles. The van der Waals surface area contributed by atoms with Gasteiger partial charge < -0.3 is 5.73 Å². The van der Waals surface area contributed by atoms with Crippen LogP contribution in [0.5, 0.6) is 0 Å². The Balaban J connectivity index is 2.23. The maximum absolute atomic E-state index is 11.7. The van der Waals surface area contributed by atoms with Crippen molar-refractivity contribution in [3.63, 3.8) is 0 Å². The maximum atomic E-state index is 11.7. The predicted octanol–water partition coefficient (Wildman–Crippen LogP) is 2.46. The van der Waals surface area contributed by atoms with Crippen molar-refractivity contribution in [1.29, 1.82) is 0 Å². The Morgan fingerprint density at radius 1 is 1.29 bits per heavy atom. The number of nitrogens with zero attached hydrogens (tertiary/aromatic N) is 1. The number of carbonyl (C=O) groups is 1. The van der Waals surface area contributed by atoms with Gasteiger partial charge in [-0.3, -0.25) is 10.2 Å². The zero-order chi connectivity index (χ0) is 15.0. The monoisotopic (exact) mass is 298 g/mol. The van der Waals surface area contributed by atoms with Gasteiger partial charge in [0.05, 0.1) is 11.4 Å². The normalized spacial score (nSPS) is 10.8. The van der Waals surface area contributed by atoms with E-state index in [0.29, 0.717) is 10.6 Å². The number of carbonyl (C=O) groups excluding carboxylic acids is 1. The van der Waals surface area contributed by atoms with Crippen molar-refractivity contribution in [3.05, 3.63) is 46.8 Å². The molecule has 2 heterocycles. The van der Waals surface area contributed by atoms with Crippen molar-refractivity contribution < 1.29 is 4.79 Å². The first kappa shape index (κ1) is 13.5. The quantitative estimate of drug-likeness (QED) is 0.385. The molecular weight excluding hydrogens is 284 g/mol. The Labute approximate surface area is 125 Å². The van der Waals surface area contributed by atoms with Crippen molar-refractivity contribution in [3.8, 4) is 11.3 Å². The highest BCUT2D eigenvalue weighted by Crippen LogP contribution is 2.36. The lowest BCUT2D eigenvalue weighted by molar-refractivity contribution is 0.0958. The number of amides is 1. The summed E-state index contributed by atoms with van der Waals surface area (Å²) in [7, 11) is 0. The third-order valence-corrected chi connectivity index (χ3v) is 4.40. The van der Waals surface area contributed by atoms with E-state index in [2.05, 4.69) is 10.4 Å². The van der Waals surface area contributed by atoms with Gasteiger partial charge in [0.1, 0.15) is 9.71 Å². The van der Waals surface area contributed by atoms with Crippen LogP contribution in [0.1, 0.15) is 15.2 Å². The number of rotatable bonds is 2. The number of pyridine rings is 1. The van der Waals surface area contributed by atoms with Crippen LogP contribution in [-0.2, 0) is 0 Å². The zero-order valence-corrected chi connectivity index (χ0v) is 12.2. The van der Waals surface area contributed by atoms with Gasteiger partial charge in [-0.2, -0.15) is 0 Å². The van der Waals surface area contributed by atoms with Crippen molar-refractivity contribution >= 4 is 33.1 Å². The molecule has 6 heteroatoms. The average Bonchev–Trinajstić information content (AvgIpc) is 2.85. The Kier molecular flexibility index (Phi) is 3.32. The van der Waals surface area contributed by atoms with Gasteiger partial charge in [-0.1, -0.05) is 30.3 Å². The Morgan fingerprint density at radius 3 is 2.67 bits per heavy atom. The highest BCUT2D eigenvalue weighted by atomic mass is 32.1. The number of nitrogens with two attached hydrogens (primary N) is 2. The highest BCUT2D eigenvalue weighted by molar-refractivity contribution is 7.21. The lowest BCUT2D eigenvalue weighted by Crippen LogP contribution is -2.29. The molecule has 0 aliphatic rings. The number of hydrogen-bond acceptors (Lipinski definition) is 5. The van der Waals surface area contributed by atoms with Gasteiger partial charge in [0, 0.05) is 10.9 Å². The minimum absolute atomic E-state index is 0.392. The molecule has 0 saturated heterocycles. The van der Waals surface area contributed by atoms with Gasteiger partial charge in [-0.05, 0) is 18.6 Å². The molecule has 0 unspecified atom stereocenters. The number of nitrogens with one attached hydrogen (secondary N) is 1. The molecule has 0 atom stereocenters. The smallest absolute Gasteiger partial charge is 0.277 e. The van der Waals surface area contributed by atoms with Crippen molar-refractivity contribution in [2.45, 2.75) is 6.92 Å². The molecule has 0 bridgehead atoms. The van der Waals surface area contributed by atoms with Gasteiger partial charge in [0.15, 0.2) is 0 Å². The van der Waals surface area contributed by atoms with Crippen LogP contribution in [-0.4, -0.2) is 10.9 Å². The summed E-state index contributed by atoms with van der Waals surface area (Å²) >= 11 is 1.25. The molecule has 0 saturated carbocycles. The summed E-state index contributed by atoms with van der Waals surface area (Å²) in [6, 6.07) is 11.9. The fourth-order valence-electron chi connectivity index (χ4n) is 2.30. The molecule has 21 heavy (non-hydrogen) atoms. The molecule has 5 N–H and O–H groups in total. The highest BCUT2D eigenvalue weighted by Gasteiger charge is 2.18. The average molecular weight is 298 g/mol. The summed E-state index contributed by atoms with van der Waals surface area (Å²) in [4.78, 5) is 17.5. The number of anilines is 1. The lowest BCUT2D eigenvalue weighted by Gasteiger charge is -2.04. The number of aryl methyl sites for hydroxylation is 1. The van der Waals surface area contributed by atoms with Crippen molar-refractivity contribution in [1.82, 2.24) is 10.4 Å². The molecular formula is C15H14N4OS. The van der Waals surface area contributed by atoms with E-state index in [1.807, 2.05) is 43.3 Å². The third kappa shape index (κ3) is 2.24. The van der Waals surface area contributed by atoms with Crippen molar-refractivity contribution in [2.75, 3.05) is 5.73 Å². The van der Waals surface area contributed by atoms with Crippen molar-refractivity contribution in [2.24, 2.45) is 5.84 Å². The zero-order valence-electron chi connectivity index (χ0n) is 11.4. The Hall–Kier alpha value is -2.44. The first-order valence-corrected chi connectivity index (χ1v) is 7.19. The number of thiophene rings is 1. The molecule has 0 radical (unpaired) electrons. The number of hydrazine groups is 1. The molecule has 1 aromatic carbocycles. The van der Waals surface area contributed by atoms with Crippen LogP contribution in [0, 0.1) is 6.92 Å². The fraction of sp³-hybridized carbons (Fsp3) is 0.0667. The summed E-state index contributed by atoms with van der Waals surface area (Å²) in [5.41, 5.74) is 11.5. The minimum Gasteiger partial charge on any atom is -0.397 e. The Bertz CT molecular complexity index is 827. The second-order valence-corrected chi connectivity index (χ2v) is 5.69. The van der Waals surface area contributed by atoms with Crippen LogP contribution < -0.4 is 17.0 Å². The van der Waals surface area contributed by atoms with E-state index in [0.717, 1.165) is 27.0 Å². The van der Waals surface area contributed by atoms with Crippen LogP contribution in [0.2, 0.25) is 0 Å². The Morgan fingerprint density at radius 2 is 2.00 bits per heavy atom. The number of hydrogen-bond donors (Lipinski definition) is 3. The predicted molar refractivity (Wildman–Crippen MR) is 85.9 cm³/mol. The lowest BCUT2D eigenvalue weighted by atomic mass is 10.1. The van der Waals surface area contributed by atoms with E-state index >= 15 is 0 Å². The topological polar surface area (TPSA) is 94.0 Å². The van der Waals surface area contributed by atoms with Gasteiger partial charge >= 0.3 is 0 Å². The van der Waals surface area contributed by atoms with Crippen LogP contribution in [0.25, 0.3) is 21.5 Å². The molecule has 0 spiro atoms. The summed E-state index contributed by atoms with van der Waals surface area (Å²) < 4.78 is 0. The van der Waals surface area contributed by atoms with E-state index < -0.39 is 5.91 Å². The van der Waals surface area contributed by atoms with Crippen LogP contribution >= 0.6 is 11.3 Å².